The molecule has 2 unspecified atom stereocenters. The van der Waals surface area contributed by atoms with Crippen molar-refractivity contribution in [2.75, 3.05) is 6.54 Å². The van der Waals surface area contributed by atoms with Crippen LogP contribution in [0.1, 0.15) is 51.4 Å². The van der Waals surface area contributed by atoms with Crippen molar-refractivity contribution in [2.24, 2.45) is 11.7 Å². The predicted molar refractivity (Wildman–Crippen MR) is 60.2 cm³/mol. The molecule has 0 amide bonds. The Morgan fingerprint density at radius 1 is 0.929 bits per heavy atom. The zero-order valence-electron chi connectivity index (χ0n) is 9.17. The highest BCUT2D eigenvalue weighted by Crippen LogP contribution is 2.27. The maximum Gasteiger partial charge on any atom is 0.0223 e. The van der Waals surface area contributed by atoms with Crippen LogP contribution < -0.4 is 11.1 Å². The maximum absolute atomic E-state index is 6.36. The second kappa shape index (κ2) is 5.13. The fourth-order valence-electron chi connectivity index (χ4n) is 3.06. The first-order valence-electron chi connectivity index (χ1n) is 6.37. The van der Waals surface area contributed by atoms with E-state index in [-0.39, 0.29) is 0 Å². The number of nitrogens with two attached hydrogens (primary N) is 1. The van der Waals surface area contributed by atoms with E-state index in [1.54, 1.807) is 0 Å². The van der Waals surface area contributed by atoms with Gasteiger partial charge in [-0.25, -0.2) is 0 Å². The standard InChI is InChI=1S/C12H24N2/c13-12(11-8-5-9-14-11)10-6-3-1-2-4-7-10/h10-12,14H,1-9,13H2. The van der Waals surface area contributed by atoms with Crippen LogP contribution in [0.5, 0.6) is 0 Å². The Kier molecular flexibility index (Phi) is 3.82. The van der Waals surface area contributed by atoms with E-state index in [1.807, 2.05) is 0 Å². The molecule has 3 N–H and O–H groups in total. The Bertz CT molecular complexity index is 156. The molecule has 1 heterocycles. The average molecular weight is 196 g/mol. The van der Waals surface area contributed by atoms with Gasteiger partial charge in [-0.15, -0.1) is 0 Å². The molecule has 1 aliphatic carbocycles. The van der Waals surface area contributed by atoms with E-state index in [9.17, 15) is 0 Å². The number of rotatable bonds is 2. The fraction of sp³-hybridized carbons (Fsp3) is 1.00. The molecule has 1 aliphatic heterocycles. The highest BCUT2D eigenvalue weighted by atomic mass is 15.0. The Morgan fingerprint density at radius 3 is 2.21 bits per heavy atom. The molecule has 2 fully saturated rings. The third-order valence-electron chi connectivity index (χ3n) is 4.01. The summed E-state index contributed by atoms with van der Waals surface area (Å²) in [4.78, 5) is 0. The topological polar surface area (TPSA) is 38.0 Å². The highest BCUT2D eigenvalue weighted by molar-refractivity contribution is 4.89. The third-order valence-corrected chi connectivity index (χ3v) is 4.01. The molecule has 0 bridgehead atoms. The number of hydrogen-bond donors (Lipinski definition) is 2. The van der Waals surface area contributed by atoms with Crippen LogP contribution in [-0.4, -0.2) is 18.6 Å². The van der Waals surface area contributed by atoms with Gasteiger partial charge in [-0.1, -0.05) is 25.7 Å². The van der Waals surface area contributed by atoms with E-state index < -0.39 is 0 Å². The van der Waals surface area contributed by atoms with Gasteiger partial charge in [-0.2, -0.15) is 0 Å². The molecule has 0 aromatic carbocycles. The van der Waals surface area contributed by atoms with Crippen LogP contribution in [-0.2, 0) is 0 Å². The molecule has 0 radical (unpaired) electrons. The minimum absolute atomic E-state index is 0.426. The largest absolute Gasteiger partial charge is 0.326 e. The predicted octanol–water partition coefficient (Wildman–Crippen LogP) is 2.04. The van der Waals surface area contributed by atoms with E-state index in [0.717, 1.165) is 5.92 Å². The van der Waals surface area contributed by atoms with Crippen LogP contribution in [0, 0.1) is 5.92 Å². The van der Waals surface area contributed by atoms with Gasteiger partial charge in [0.2, 0.25) is 0 Å². The lowest BCUT2D eigenvalue weighted by Gasteiger charge is -2.27. The SMILES string of the molecule is NC(C1CCCCCC1)C1CCCN1. The molecule has 82 valence electrons. The van der Waals surface area contributed by atoms with Crippen LogP contribution >= 0.6 is 0 Å². The molecule has 2 atom stereocenters. The zero-order chi connectivity index (χ0) is 9.80. The van der Waals surface area contributed by atoms with E-state index in [2.05, 4.69) is 5.32 Å². The van der Waals surface area contributed by atoms with E-state index >= 15 is 0 Å². The van der Waals surface area contributed by atoms with Gasteiger partial charge in [0.15, 0.2) is 0 Å². The van der Waals surface area contributed by atoms with Crippen molar-refractivity contribution in [3.63, 3.8) is 0 Å². The van der Waals surface area contributed by atoms with Gasteiger partial charge in [0.1, 0.15) is 0 Å². The Hall–Kier alpha value is -0.0800. The van der Waals surface area contributed by atoms with Gasteiger partial charge >= 0.3 is 0 Å². The lowest BCUT2D eigenvalue weighted by atomic mass is 9.87. The number of nitrogens with one attached hydrogen (secondary N) is 1. The Morgan fingerprint density at radius 2 is 1.64 bits per heavy atom. The summed E-state index contributed by atoms with van der Waals surface area (Å²) in [5.41, 5.74) is 6.36. The number of hydrogen-bond acceptors (Lipinski definition) is 2. The van der Waals surface area contributed by atoms with Gasteiger partial charge in [-0.05, 0) is 38.1 Å². The summed E-state index contributed by atoms with van der Waals surface area (Å²) in [6.45, 7) is 1.19. The van der Waals surface area contributed by atoms with Crippen molar-refractivity contribution >= 4 is 0 Å². The van der Waals surface area contributed by atoms with E-state index in [1.165, 1.54) is 57.9 Å². The molecule has 0 aromatic rings. The van der Waals surface area contributed by atoms with Gasteiger partial charge in [0.25, 0.3) is 0 Å². The van der Waals surface area contributed by atoms with Crippen LogP contribution in [0.25, 0.3) is 0 Å². The van der Waals surface area contributed by atoms with Crippen molar-refractivity contribution in [3.05, 3.63) is 0 Å². The van der Waals surface area contributed by atoms with Gasteiger partial charge < -0.3 is 11.1 Å². The van der Waals surface area contributed by atoms with E-state index in [0.29, 0.717) is 12.1 Å². The zero-order valence-corrected chi connectivity index (χ0v) is 9.17. The van der Waals surface area contributed by atoms with Gasteiger partial charge in [0.05, 0.1) is 0 Å². The first kappa shape index (κ1) is 10.4. The van der Waals surface area contributed by atoms with Crippen LogP contribution in [0.3, 0.4) is 0 Å². The van der Waals surface area contributed by atoms with Crippen molar-refractivity contribution in [3.8, 4) is 0 Å². The summed E-state index contributed by atoms with van der Waals surface area (Å²) in [6.07, 6.45) is 11.1. The maximum atomic E-state index is 6.36. The van der Waals surface area contributed by atoms with Crippen molar-refractivity contribution < 1.29 is 0 Å². The second-order valence-electron chi connectivity index (χ2n) is 5.03. The monoisotopic (exact) mass is 196 g/mol. The quantitative estimate of drug-likeness (QED) is 0.663. The average Bonchev–Trinajstić information content (AvgIpc) is 2.59. The first-order chi connectivity index (χ1) is 6.88. The molecule has 2 rings (SSSR count). The summed E-state index contributed by atoms with van der Waals surface area (Å²) < 4.78 is 0. The molecule has 14 heavy (non-hydrogen) atoms. The molecule has 2 nitrogen and oxygen atoms in total. The Labute approximate surface area is 87.6 Å². The Balaban J connectivity index is 1.84. The van der Waals surface area contributed by atoms with E-state index in [4.69, 9.17) is 5.73 Å². The molecule has 2 aliphatic rings. The molecule has 0 aromatic heterocycles. The summed E-state index contributed by atoms with van der Waals surface area (Å²) in [6, 6.07) is 1.05. The van der Waals surface area contributed by atoms with Crippen molar-refractivity contribution in [1.29, 1.82) is 0 Å². The van der Waals surface area contributed by atoms with Crippen LogP contribution in [0.15, 0.2) is 0 Å². The van der Waals surface area contributed by atoms with Crippen LogP contribution in [0.4, 0.5) is 0 Å². The van der Waals surface area contributed by atoms with Crippen molar-refractivity contribution in [2.45, 2.75) is 63.5 Å². The second-order valence-corrected chi connectivity index (χ2v) is 5.03. The normalized spacial score (nSPS) is 32.8. The highest BCUT2D eigenvalue weighted by Gasteiger charge is 2.28. The molecule has 1 saturated heterocycles. The minimum Gasteiger partial charge on any atom is -0.326 e. The molecule has 0 spiro atoms. The van der Waals surface area contributed by atoms with Crippen LogP contribution in [0.2, 0.25) is 0 Å². The third kappa shape index (κ3) is 2.48. The first-order valence-corrected chi connectivity index (χ1v) is 6.37. The summed E-state index contributed by atoms with van der Waals surface area (Å²) in [7, 11) is 0. The molecular weight excluding hydrogens is 172 g/mol. The fourth-order valence-corrected chi connectivity index (χ4v) is 3.06. The van der Waals surface area contributed by atoms with Gasteiger partial charge in [-0.3, -0.25) is 0 Å². The summed E-state index contributed by atoms with van der Waals surface area (Å²) >= 11 is 0. The lowest BCUT2D eigenvalue weighted by molar-refractivity contribution is 0.316. The molecule has 1 saturated carbocycles. The molecule has 2 heteroatoms. The summed E-state index contributed by atoms with van der Waals surface area (Å²) in [5.74, 6) is 0.799. The van der Waals surface area contributed by atoms with Gasteiger partial charge in [0, 0.05) is 12.1 Å². The smallest absolute Gasteiger partial charge is 0.0223 e. The molecular formula is C12H24N2. The minimum atomic E-state index is 0.426. The lowest BCUT2D eigenvalue weighted by Crippen LogP contribution is -2.46. The van der Waals surface area contributed by atoms with Crippen molar-refractivity contribution in [1.82, 2.24) is 5.32 Å². The summed E-state index contributed by atoms with van der Waals surface area (Å²) in [5, 5.41) is 3.55.